The number of rotatable bonds is 5. The Kier molecular flexibility index (Phi) is 5.42. The zero-order valence-electron chi connectivity index (χ0n) is 5.92. The molecule has 0 radical (unpaired) electrons. The second-order valence-corrected chi connectivity index (χ2v) is 1.75. The predicted molar refractivity (Wildman–Crippen MR) is 35.3 cm³/mol. The molecule has 0 aromatic heterocycles. The fourth-order valence-electron chi connectivity index (χ4n) is 0.496. The van der Waals surface area contributed by atoms with Gasteiger partial charge in [0.2, 0.25) is 6.41 Å². The van der Waals surface area contributed by atoms with Gasteiger partial charge in [0.15, 0.2) is 0 Å². The Morgan fingerprint density at radius 2 is 2.40 bits per heavy atom. The minimum Gasteiger partial charge on any atom is -0.469 e. The molecule has 10 heavy (non-hydrogen) atoms. The lowest BCUT2D eigenvalue weighted by molar-refractivity contribution is -0.140. The quantitative estimate of drug-likeness (QED) is 0.328. The predicted octanol–water partition coefficient (Wildman–Crippen LogP) is -0.314. The maximum absolute atomic E-state index is 10.4. The Morgan fingerprint density at radius 3 is 2.90 bits per heavy atom. The van der Waals surface area contributed by atoms with Gasteiger partial charge in [0.05, 0.1) is 7.11 Å². The van der Waals surface area contributed by atoms with E-state index < -0.39 is 0 Å². The smallest absolute Gasteiger partial charge is 0.305 e. The van der Waals surface area contributed by atoms with Gasteiger partial charge in [-0.2, -0.15) is 0 Å². The Labute approximate surface area is 59.6 Å². The monoisotopic (exact) mass is 145 g/mol. The summed E-state index contributed by atoms with van der Waals surface area (Å²) < 4.78 is 4.38. The van der Waals surface area contributed by atoms with E-state index >= 15 is 0 Å². The van der Waals surface area contributed by atoms with Crippen LogP contribution in [0.15, 0.2) is 0 Å². The van der Waals surface area contributed by atoms with Crippen LogP contribution in [-0.2, 0) is 14.3 Å². The number of methoxy groups -OCH3 is 1. The van der Waals surface area contributed by atoms with Crippen molar-refractivity contribution < 1.29 is 14.3 Å². The number of carbonyl (C=O) groups excluding carboxylic acids is 2. The van der Waals surface area contributed by atoms with Crippen LogP contribution in [0.4, 0.5) is 0 Å². The first-order valence-electron chi connectivity index (χ1n) is 3.05. The standard InChI is InChI=1S/C6H11NO3/c1-10-6(9)3-2-4-7-5-8/h5H,2-4H2,1H3,(H,7,8). The highest BCUT2D eigenvalue weighted by Crippen LogP contribution is 1.88. The summed E-state index contributed by atoms with van der Waals surface area (Å²) in [6.45, 7) is 0.526. The van der Waals surface area contributed by atoms with Crippen molar-refractivity contribution in [1.82, 2.24) is 5.32 Å². The number of esters is 1. The third kappa shape index (κ3) is 5.08. The third-order valence-electron chi connectivity index (χ3n) is 1.01. The molecule has 0 unspecified atom stereocenters. The Balaban J connectivity index is 3.03. The van der Waals surface area contributed by atoms with Crippen LogP contribution in [-0.4, -0.2) is 26.0 Å². The van der Waals surface area contributed by atoms with Gasteiger partial charge in [-0.1, -0.05) is 0 Å². The van der Waals surface area contributed by atoms with E-state index in [0.29, 0.717) is 25.8 Å². The molecule has 0 aliphatic carbocycles. The van der Waals surface area contributed by atoms with Gasteiger partial charge in [0.1, 0.15) is 0 Å². The molecule has 0 aliphatic rings. The summed E-state index contributed by atoms with van der Waals surface area (Å²) in [5.74, 6) is -0.243. The lowest BCUT2D eigenvalue weighted by Gasteiger charge is -1.97. The van der Waals surface area contributed by atoms with Crippen molar-refractivity contribution in [2.45, 2.75) is 12.8 Å². The summed E-state index contributed by atoms with van der Waals surface area (Å²) in [6, 6.07) is 0. The van der Waals surface area contributed by atoms with Gasteiger partial charge in [0.25, 0.3) is 0 Å². The highest BCUT2D eigenvalue weighted by atomic mass is 16.5. The van der Waals surface area contributed by atoms with Crippen molar-refractivity contribution in [3.63, 3.8) is 0 Å². The molecule has 1 amide bonds. The lowest BCUT2D eigenvalue weighted by atomic mass is 10.3. The van der Waals surface area contributed by atoms with Crippen LogP contribution in [0.25, 0.3) is 0 Å². The number of carbonyl (C=O) groups is 2. The molecule has 0 saturated carbocycles. The van der Waals surface area contributed by atoms with E-state index in [1.54, 1.807) is 0 Å². The van der Waals surface area contributed by atoms with Crippen molar-refractivity contribution >= 4 is 12.4 Å². The molecule has 0 atom stereocenters. The molecule has 0 aromatic rings. The van der Waals surface area contributed by atoms with Crippen molar-refractivity contribution in [1.29, 1.82) is 0 Å². The second kappa shape index (κ2) is 6.07. The van der Waals surface area contributed by atoms with Gasteiger partial charge >= 0.3 is 5.97 Å². The topological polar surface area (TPSA) is 55.4 Å². The lowest BCUT2D eigenvalue weighted by Crippen LogP contribution is -2.13. The van der Waals surface area contributed by atoms with Gasteiger partial charge in [-0.05, 0) is 6.42 Å². The highest BCUT2D eigenvalue weighted by Gasteiger charge is 1.97. The molecule has 0 bridgehead atoms. The van der Waals surface area contributed by atoms with E-state index in [0.717, 1.165) is 0 Å². The fourth-order valence-corrected chi connectivity index (χ4v) is 0.496. The van der Waals surface area contributed by atoms with Crippen molar-refractivity contribution in [3.8, 4) is 0 Å². The fraction of sp³-hybridized carbons (Fsp3) is 0.667. The van der Waals surface area contributed by atoms with E-state index in [1.807, 2.05) is 0 Å². The van der Waals surface area contributed by atoms with Gasteiger partial charge in [-0.15, -0.1) is 0 Å². The first-order valence-corrected chi connectivity index (χ1v) is 3.05. The van der Waals surface area contributed by atoms with Crippen LogP contribution < -0.4 is 5.32 Å². The summed E-state index contributed by atoms with van der Waals surface area (Å²) in [7, 11) is 1.34. The molecule has 0 spiro atoms. The molecule has 0 rings (SSSR count). The first kappa shape index (κ1) is 8.94. The van der Waals surface area contributed by atoms with Gasteiger partial charge in [-0.25, -0.2) is 0 Å². The van der Waals surface area contributed by atoms with Gasteiger partial charge < -0.3 is 10.1 Å². The molecule has 4 heteroatoms. The molecule has 0 aromatic carbocycles. The van der Waals surface area contributed by atoms with E-state index in [1.165, 1.54) is 7.11 Å². The summed E-state index contributed by atoms with van der Waals surface area (Å²) in [5, 5.41) is 2.44. The number of hydrogen-bond donors (Lipinski definition) is 1. The second-order valence-electron chi connectivity index (χ2n) is 1.75. The number of ether oxygens (including phenoxy) is 1. The van der Waals surface area contributed by atoms with Crippen LogP contribution in [0.1, 0.15) is 12.8 Å². The van der Waals surface area contributed by atoms with Crippen molar-refractivity contribution in [2.24, 2.45) is 0 Å². The summed E-state index contributed by atoms with van der Waals surface area (Å²) in [6.07, 6.45) is 1.60. The zero-order chi connectivity index (χ0) is 7.82. The number of nitrogens with one attached hydrogen (secondary N) is 1. The molecule has 0 fully saturated rings. The van der Waals surface area contributed by atoms with E-state index in [-0.39, 0.29) is 5.97 Å². The van der Waals surface area contributed by atoms with Crippen molar-refractivity contribution in [2.75, 3.05) is 13.7 Å². The van der Waals surface area contributed by atoms with E-state index in [4.69, 9.17) is 0 Å². The Morgan fingerprint density at radius 1 is 1.70 bits per heavy atom. The SMILES string of the molecule is COC(=O)CCCNC=O. The van der Waals surface area contributed by atoms with E-state index in [9.17, 15) is 9.59 Å². The Bertz CT molecular complexity index is 114. The maximum atomic E-state index is 10.4. The molecule has 4 nitrogen and oxygen atoms in total. The number of amides is 1. The summed E-state index contributed by atoms with van der Waals surface area (Å²) in [5.41, 5.74) is 0. The molecule has 0 heterocycles. The van der Waals surface area contributed by atoms with Crippen LogP contribution >= 0.6 is 0 Å². The Hall–Kier alpha value is -1.06. The van der Waals surface area contributed by atoms with Crippen LogP contribution in [0.2, 0.25) is 0 Å². The van der Waals surface area contributed by atoms with Crippen LogP contribution in [0, 0.1) is 0 Å². The maximum Gasteiger partial charge on any atom is 0.305 e. The van der Waals surface area contributed by atoms with Crippen LogP contribution in [0.3, 0.4) is 0 Å². The molecular formula is C6H11NO3. The molecular weight excluding hydrogens is 134 g/mol. The minimum absolute atomic E-state index is 0.243. The minimum atomic E-state index is -0.243. The summed E-state index contributed by atoms with van der Waals surface area (Å²) in [4.78, 5) is 20.1. The molecule has 0 aliphatic heterocycles. The molecule has 1 N–H and O–H groups in total. The average molecular weight is 145 g/mol. The third-order valence-corrected chi connectivity index (χ3v) is 1.01. The van der Waals surface area contributed by atoms with Crippen LogP contribution in [0.5, 0.6) is 0 Å². The number of hydrogen-bond acceptors (Lipinski definition) is 3. The van der Waals surface area contributed by atoms with E-state index in [2.05, 4.69) is 10.1 Å². The summed E-state index contributed by atoms with van der Waals surface area (Å²) >= 11 is 0. The molecule has 0 saturated heterocycles. The zero-order valence-corrected chi connectivity index (χ0v) is 5.92. The van der Waals surface area contributed by atoms with Crippen molar-refractivity contribution in [3.05, 3.63) is 0 Å². The normalized spacial score (nSPS) is 8.50. The first-order chi connectivity index (χ1) is 4.81. The highest BCUT2D eigenvalue weighted by molar-refractivity contribution is 5.69. The van der Waals surface area contributed by atoms with Gasteiger partial charge in [-0.3, -0.25) is 9.59 Å². The molecule has 58 valence electrons. The largest absolute Gasteiger partial charge is 0.469 e. The average Bonchev–Trinajstić information content (AvgIpc) is 1.98. The van der Waals surface area contributed by atoms with Gasteiger partial charge in [0, 0.05) is 13.0 Å².